The van der Waals surface area contributed by atoms with Crippen molar-refractivity contribution in [1.29, 1.82) is 5.26 Å². The number of fused-ring (bicyclic) bond motifs is 2. The van der Waals surface area contributed by atoms with E-state index in [9.17, 15) is 5.26 Å². The Morgan fingerprint density at radius 3 is 2.80 bits per heavy atom. The first-order valence-corrected chi connectivity index (χ1v) is 6.30. The number of nitriles is 1. The van der Waals surface area contributed by atoms with Crippen molar-refractivity contribution in [3.63, 3.8) is 0 Å². The highest BCUT2D eigenvalue weighted by Crippen LogP contribution is 2.52. The van der Waals surface area contributed by atoms with Crippen molar-refractivity contribution in [3.8, 4) is 6.07 Å². The molecule has 0 aromatic heterocycles. The molecule has 82 valence electrons. The Bertz CT molecular complexity index is 287. The van der Waals surface area contributed by atoms with Gasteiger partial charge in [-0.25, -0.2) is 0 Å². The van der Waals surface area contributed by atoms with Gasteiger partial charge in [0.25, 0.3) is 0 Å². The van der Waals surface area contributed by atoms with Crippen molar-refractivity contribution in [1.82, 2.24) is 0 Å². The van der Waals surface area contributed by atoms with Crippen LogP contribution in [-0.4, -0.2) is 13.2 Å². The topological polar surface area (TPSA) is 33.0 Å². The highest BCUT2D eigenvalue weighted by Gasteiger charge is 2.45. The van der Waals surface area contributed by atoms with Crippen LogP contribution in [0.3, 0.4) is 0 Å². The van der Waals surface area contributed by atoms with Gasteiger partial charge in [-0.1, -0.05) is 6.42 Å². The van der Waals surface area contributed by atoms with Crippen molar-refractivity contribution < 1.29 is 4.74 Å². The molecule has 3 rings (SSSR count). The van der Waals surface area contributed by atoms with Gasteiger partial charge in [0.2, 0.25) is 0 Å². The van der Waals surface area contributed by atoms with Crippen LogP contribution in [0.2, 0.25) is 0 Å². The predicted molar refractivity (Wildman–Crippen MR) is 57.0 cm³/mol. The molecule has 2 saturated carbocycles. The lowest BCUT2D eigenvalue weighted by Gasteiger charge is -2.28. The Balaban J connectivity index is 1.67. The zero-order valence-corrected chi connectivity index (χ0v) is 9.24. The first-order chi connectivity index (χ1) is 7.31. The third-order valence-corrected chi connectivity index (χ3v) is 4.88. The summed E-state index contributed by atoms with van der Waals surface area (Å²) in [6.45, 7) is 1.49. The molecular formula is C13H19NO. The molecule has 2 heteroatoms. The van der Waals surface area contributed by atoms with Gasteiger partial charge < -0.3 is 4.74 Å². The van der Waals surface area contributed by atoms with E-state index in [1.54, 1.807) is 0 Å². The van der Waals surface area contributed by atoms with Crippen molar-refractivity contribution >= 4 is 0 Å². The molecule has 15 heavy (non-hydrogen) atoms. The van der Waals surface area contributed by atoms with E-state index >= 15 is 0 Å². The molecule has 0 radical (unpaired) electrons. The van der Waals surface area contributed by atoms with Gasteiger partial charge in [0.05, 0.1) is 18.1 Å². The molecule has 1 heterocycles. The Kier molecular flexibility index (Phi) is 2.25. The first kappa shape index (κ1) is 9.66. The van der Waals surface area contributed by atoms with Crippen LogP contribution in [0.4, 0.5) is 0 Å². The number of nitrogens with zero attached hydrogens (tertiary/aromatic N) is 1. The molecule has 4 unspecified atom stereocenters. The standard InChI is InChI=1S/C13H19NO/c14-8-13(3-4-15-9-13)7-12-6-10-1-2-11(12)5-10/h10-12H,1-7,9H2. The van der Waals surface area contributed by atoms with E-state index in [2.05, 4.69) is 6.07 Å². The van der Waals surface area contributed by atoms with E-state index in [1.807, 2.05) is 0 Å². The Hall–Kier alpha value is -0.550. The molecule has 0 spiro atoms. The smallest absolute Gasteiger partial charge is 0.0831 e. The molecule has 2 bridgehead atoms. The third-order valence-electron chi connectivity index (χ3n) is 4.88. The second-order valence-electron chi connectivity index (χ2n) is 5.83. The van der Waals surface area contributed by atoms with Crippen LogP contribution in [0.15, 0.2) is 0 Å². The molecule has 0 aromatic carbocycles. The van der Waals surface area contributed by atoms with Crippen LogP contribution in [0, 0.1) is 34.5 Å². The highest BCUT2D eigenvalue weighted by molar-refractivity contribution is 5.04. The average molecular weight is 205 g/mol. The maximum absolute atomic E-state index is 9.32. The maximum atomic E-state index is 9.32. The molecule has 1 aliphatic heterocycles. The van der Waals surface area contributed by atoms with Crippen LogP contribution in [0.1, 0.15) is 38.5 Å². The quantitative estimate of drug-likeness (QED) is 0.694. The second-order valence-corrected chi connectivity index (χ2v) is 5.83. The Morgan fingerprint density at radius 1 is 1.33 bits per heavy atom. The Labute approximate surface area is 91.6 Å². The number of hydrogen-bond acceptors (Lipinski definition) is 2. The summed E-state index contributed by atoms with van der Waals surface area (Å²) in [7, 11) is 0. The molecule has 1 saturated heterocycles. The first-order valence-electron chi connectivity index (χ1n) is 6.30. The molecule has 2 aliphatic carbocycles. The van der Waals surface area contributed by atoms with Crippen LogP contribution < -0.4 is 0 Å². The summed E-state index contributed by atoms with van der Waals surface area (Å²) in [5, 5.41) is 9.32. The predicted octanol–water partition coefficient (Wildman–Crippen LogP) is 2.74. The number of ether oxygens (including phenoxy) is 1. The van der Waals surface area contributed by atoms with E-state index in [0.29, 0.717) is 6.61 Å². The summed E-state index contributed by atoms with van der Waals surface area (Å²) < 4.78 is 5.42. The third kappa shape index (κ3) is 1.58. The van der Waals surface area contributed by atoms with Gasteiger partial charge in [0.1, 0.15) is 0 Å². The van der Waals surface area contributed by atoms with E-state index in [0.717, 1.165) is 37.2 Å². The zero-order chi connectivity index (χ0) is 10.3. The van der Waals surface area contributed by atoms with E-state index in [4.69, 9.17) is 4.74 Å². The molecular weight excluding hydrogens is 186 g/mol. The average Bonchev–Trinajstić information content (AvgIpc) is 2.93. The van der Waals surface area contributed by atoms with E-state index < -0.39 is 0 Å². The van der Waals surface area contributed by atoms with Gasteiger partial charge in [0, 0.05) is 6.61 Å². The highest BCUT2D eigenvalue weighted by atomic mass is 16.5. The number of rotatable bonds is 2. The molecule has 0 aromatic rings. The fraction of sp³-hybridized carbons (Fsp3) is 0.923. The van der Waals surface area contributed by atoms with Gasteiger partial charge >= 0.3 is 0 Å². The summed E-state index contributed by atoms with van der Waals surface area (Å²) >= 11 is 0. The molecule has 0 amide bonds. The lowest BCUT2D eigenvalue weighted by atomic mass is 9.74. The molecule has 3 aliphatic rings. The molecule has 4 atom stereocenters. The fourth-order valence-electron chi connectivity index (χ4n) is 4.03. The van der Waals surface area contributed by atoms with Crippen molar-refractivity contribution in [2.75, 3.05) is 13.2 Å². The summed E-state index contributed by atoms with van der Waals surface area (Å²) in [6, 6.07) is 2.54. The summed E-state index contributed by atoms with van der Waals surface area (Å²) in [4.78, 5) is 0. The van der Waals surface area contributed by atoms with Gasteiger partial charge in [-0.2, -0.15) is 5.26 Å². The van der Waals surface area contributed by atoms with Gasteiger partial charge in [-0.05, 0) is 49.9 Å². The van der Waals surface area contributed by atoms with Crippen LogP contribution in [-0.2, 0) is 4.74 Å². The van der Waals surface area contributed by atoms with Gasteiger partial charge in [-0.3, -0.25) is 0 Å². The minimum absolute atomic E-state index is 0.116. The van der Waals surface area contributed by atoms with Gasteiger partial charge in [-0.15, -0.1) is 0 Å². The molecule has 2 nitrogen and oxygen atoms in total. The van der Waals surface area contributed by atoms with Crippen LogP contribution in [0.5, 0.6) is 0 Å². The minimum atomic E-state index is -0.116. The lowest BCUT2D eigenvalue weighted by molar-refractivity contribution is 0.150. The summed E-state index contributed by atoms with van der Waals surface area (Å²) in [5.74, 6) is 2.78. The monoisotopic (exact) mass is 205 g/mol. The summed E-state index contributed by atoms with van der Waals surface area (Å²) in [5.41, 5.74) is -0.116. The normalized spacial score (nSPS) is 48.3. The van der Waals surface area contributed by atoms with Crippen LogP contribution >= 0.6 is 0 Å². The molecule has 0 N–H and O–H groups in total. The Morgan fingerprint density at radius 2 is 2.27 bits per heavy atom. The molecule has 3 fully saturated rings. The minimum Gasteiger partial charge on any atom is -0.380 e. The van der Waals surface area contributed by atoms with E-state index in [1.165, 1.54) is 25.7 Å². The second kappa shape index (κ2) is 3.49. The summed E-state index contributed by atoms with van der Waals surface area (Å²) in [6.07, 6.45) is 7.82. The van der Waals surface area contributed by atoms with Crippen molar-refractivity contribution in [2.45, 2.75) is 38.5 Å². The van der Waals surface area contributed by atoms with E-state index in [-0.39, 0.29) is 5.41 Å². The SMILES string of the molecule is N#CC1(CC2CC3CCC2C3)CCOC1. The zero-order valence-electron chi connectivity index (χ0n) is 9.24. The van der Waals surface area contributed by atoms with Crippen LogP contribution in [0.25, 0.3) is 0 Å². The fourth-order valence-corrected chi connectivity index (χ4v) is 4.03. The lowest BCUT2D eigenvalue weighted by Crippen LogP contribution is -2.25. The largest absolute Gasteiger partial charge is 0.380 e. The van der Waals surface area contributed by atoms with Crippen molar-refractivity contribution in [2.24, 2.45) is 23.2 Å². The maximum Gasteiger partial charge on any atom is 0.0831 e. The van der Waals surface area contributed by atoms with Crippen molar-refractivity contribution in [3.05, 3.63) is 0 Å². The van der Waals surface area contributed by atoms with Gasteiger partial charge in [0.15, 0.2) is 0 Å². The number of hydrogen-bond donors (Lipinski definition) is 0.